The maximum atomic E-state index is 13.2. The average Bonchev–Trinajstić information content (AvgIpc) is 2.44. The van der Waals surface area contributed by atoms with Crippen molar-refractivity contribution in [3.8, 4) is 11.5 Å². The topological polar surface area (TPSA) is 41.5 Å². The summed E-state index contributed by atoms with van der Waals surface area (Å²) < 4.78 is 18.6. The normalized spacial score (nSPS) is 11.9. The Bertz CT molecular complexity index is 569. The summed E-state index contributed by atoms with van der Waals surface area (Å²) in [6.07, 6.45) is 0. The van der Waals surface area contributed by atoms with Crippen molar-refractivity contribution in [1.82, 2.24) is 0 Å². The Kier molecular flexibility index (Phi) is 4.45. The summed E-state index contributed by atoms with van der Waals surface area (Å²) >= 11 is 0. The first-order valence-electron chi connectivity index (χ1n) is 6.58. The fourth-order valence-corrected chi connectivity index (χ4v) is 2.01. The van der Waals surface area contributed by atoms with Crippen molar-refractivity contribution in [3.63, 3.8) is 0 Å². The van der Waals surface area contributed by atoms with E-state index in [1.807, 2.05) is 38.1 Å². The zero-order chi connectivity index (χ0) is 14.5. The lowest BCUT2D eigenvalue weighted by Gasteiger charge is -2.17. The molecule has 2 N–H and O–H groups in total. The monoisotopic (exact) mass is 275 g/mol. The quantitative estimate of drug-likeness (QED) is 0.863. The van der Waals surface area contributed by atoms with Gasteiger partial charge in [-0.3, -0.25) is 0 Å². The Labute approximate surface area is 118 Å². The van der Waals surface area contributed by atoms with Gasteiger partial charge in [-0.05, 0) is 56.3 Å². The molecule has 0 radical (unpaired) electrons. The number of ether oxygens (including phenoxy) is 1. The van der Waals surface area contributed by atoms with Crippen LogP contribution in [0.1, 0.15) is 25.5 Å². The van der Waals surface area contributed by atoms with Crippen molar-refractivity contribution < 1.29 is 14.2 Å². The van der Waals surface area contributed by atoms with Gasteiger partial charge in [0, 0.05) is 11.3 Å². The molecule has 0 saturated heterocycles. The molecule has 1 unspecified atom stereocenters. The van der Waals surface area contributed by atoms with Gasteiger partial charge in [0.15, 0.2) is 0 Å². The number of phenolic OH excluding ortho intramolecular Hbond substituents is 1. The van der Waals surface area contributed by atoms with Gasteiger partial charge in [-0.15, -0.1) is 0 Å². The third-order valence-corrected chi connectivity index (χ3v) is 3.00. The summed E-state index contributed by atoms with van der Waals surface area (Å²) in [5, 5.41) is 13.0. The number of aromatic hydroxyl groups is 1. The molecule has 0 bridgehead atoms. The number of nitrogens with one attached hydrogen (secondary N) is 1. The van der Waals surface area contributed by atoms with Crippen LogP contribution in [0.25, 0.3) is 0 Å². The zero-order valence-corrected chi connectivity index (χ0v) is 11.6. The van der Waals surface area contributed by atoms with Crippen molar-refractivity contribution in [2.75, 3.05) is 11.9 Å². The molecule has 20 heavy (non-hydrogen) atoms. The van der Waals surface area contributed by atoms with Gasteiger partial charge >= 0.3 is 0 Å². The van der Waals surface area contributed by atoms with Crippen LogP contribution in [0.3, 0.4) is 0 Å². The minimum absolute atomic E-state index is 0.0809. The molecular formula is C16H18FNO2. The average molecular weight is 275 g/mol. The summed E-state index contributed by atoms with van der Waals surface area (Å²) in [5.41, 5.74) is 1.41. The molecule has 2 aromatic rings. The highest BCUT2D eigenvalue weighted by Crippen LogP contribution is 2.28. The van der Waals surface area contributed by atoms with Crippen LogP contribution >= 0.6 is 0 Å². The first-order valence-corrected chi connectivity index (χ1v) is 6.58. The highest BCUT2D eigenvalue weighted by atomic mass is 19.1. The molecule has 106 valence electrons. The molecule has 0 saturated carbocycles. The lowest BCUT2D eigenvalue weighted by molar-refractivity contribution is 0.340. The fraction of sp³-hybridized carbons (Fsp3) is 0.250. The smallest absolute Gasteiger partial charge is 0.123 e. The van der Waals surface area contributed by atoms with E-state index in [0.29, 0.717) is 12.2 Å². The number of anilines is 1. The summed E-state index contributed by atoms with van der Waals surface area (Å²) in [4.78, 5) is 0. The van der Waals surface area contributed by atoms with E-state index in [-0.39, 0.29) is 17.6 Å². The molecule has 0 aromatic heterocycles. The van der Waals surface area contributed by atoms with Gasteiger partial charge in [0.05, 0.1) is 12.6 Å². The van der Waals surface area contributed by atoms with Crippen LogP contribution in [0.2, 0.25) is 0 Å². The van der Waals surface area contributed by atoms with Crippen LogP contribution < -0.4 is 10.1 Å². The first-order chi connectivity index (χ1) is 9.60. The highest BCUT2D eigenvalue weighted by molar-refractivity contribution is 5.49. The van der Waals surface area contributed by atoms with Crippen molar-refractivity contribution in [2.24, 2.45) is 0 Å². The SMILES string of the molecule is CCOc1ccc(NC(C)c2cc(F)ccc2O)cc1. The van der Waals surface area contributed by atoms with Gasteiger partial charge in [-0.1, -0.05) is 0 Å². The van der Waals surface area contributed by atoms with Crippen LogP contribution in [0.5, 0.6) is 11.5 Å². The molecule has 2 rings (SSSR count). The highest BCUT2D eigenvalue weighted by Gasteiger charge is 2.11. The van der Waals surface area contributed by atoms with E-state index in [0.717, 1.165) is 11.4 Å². The van der Waals surface area contributed by atoms with Gasteiger partial charge in [0.1, 0.15) is 17.3 Å². The molecule has 4 heteroatoms. The van der Waals surface area contributed by atoms with Crippen LogP contribution in [0, 0.1) is 5.82 Å². The lowest BCUT2D eigenvalue weighted by Crippen LogP contribution is -2.07. The van der Waals surface area contributed by atoms with E-state index in [1.165, 1.54) is 18.2 Å². The molecule has 0 fully saturated rings. The maximum absolute atomic E-state index is 13.2. The standard InChI is InChI=1S/C16H18FNO2/c1-3-20-14-7-5-13(6-8-14)18-11(2)15-10-12(17)4-9-16(15)19/h4-11,18-19H,3H2,1-2H3. The second kappa shape index (κ2) is 6.28. The second-order valence-corrected chi connectivity index (χ2v) is 4.53. The third-order valence-electron chi connectivity index (χ3n) is 3.00. The van der Waals surface area contributed by atoms with E-state index in [1.54, 1.807) is 0 Å². The minimum atomic E-state index is -0.363. The molecule has 0 amide bonds. The number of hydrogen-bond donors (Lipinski definition) is 2. The third kappa shape index (κ3) is 3.41. The molecule has 0 aliphatic carbocycles. The Morgan fingerprint density at radius 3 is 2.55 bits per heavy atom. The van der Waals surface area contributed by atoms with E-state index in [9.17, 15) is 9.50 Å². The molecular weight excluding hydrogens is 257 g/mol. The maximum Gasteiger partial charge on any atom is 0.123 e. The van der Waals surface area contributed by atoms with Gasteiger partial charge in [-0.2, -0.15) is 0 Å². The van der Waals surface area contributed by atoms with E-state index in [2.05, 4.69) is 5.32 Å². The van der Waals surface area contributed by atoms with Crippen LogP contribution in [0.4, 0.5) is 10.1 Å². The Hall–Kier alpha value is -2.23. The first kappa shape index (κ1) is 14.2. The fourth-order valence-electron chi connectivity index (χ4n) is 2.01. The summed E-state index contributed by atoms with van der Waals surface area (Å²) in [6.45, 7) is 4.42. The van der Waals surface area contributed by atoms with E-state index < -0.39 is 0 Å². The summed E-state index contributed by atoms with van der Waals surface area (Å²) in [5.74, 6) is 0.523. The molecule has 2 aromatic carbocycles. The second-order valence-electron chi connectivity index (χ2n) is 4.53. The van der Waals surface area contributed by atoms with Gasteiger partial charge in [0.2, 0.25) is 0 Å². The predicted octanol–water partition coefficient (Wildman–Crippen LogP) is 4.10. The zero-order valence-electron chi connectivity index (χ0n) is 11.6. The lowest BCUT2D eigenvalue weighted by atomic mass is 10.1. The molecule has 0 aliphatic heterocycles. The molecule has 0 aliphatic rings. The molecule has 0 heterocycles. The van der Waals surface area contributed by atoms with E-state index >= 15 is 0 Å². The van der Waals surface area contributed by atoms with Gasteiger partial charge in [0.25, 0.3) is 0 Å². The molecule has 3 nitrogen and oxygen atoms in total. The van der Waals surface area contributed by atoms with E-state index in [4.69, 9.17) is 4.74 Å². The molecule has 0 spiro atoms. The number of benzene rings is 2. The largest absolute Gasteiger partial charge is 0.508 e. The minimum Gasteiger partial charge on any atom is -0.508 e. The van der Waals surface area contributed by atoms with Crippen LogP contribution in [0.15, 0.2) is 42.5 Å². The Balaban J connectivity index is 2.10. The van der Waals surface area contributed by atoms with Crippen molar-refractivity contribution in [1.29, 1.82) is 0 Å². The number of rotatable bonds is 5. The summed E-state index contributed by atoms with van der Waals surface area (Å²) in [6, 6.07) is 11.2. The van der Waals surface area contributed by atoms with Gasteiger partial charge in [-0.25, -0.2) is 4.39 Å². The van der Waals surface area contributed by atoms with Crippen LogP contribution in [-0.2, 0) is 0 Å². The van der Waals surface area contributed by atoms with Crippen molar-refractivity contribution in [2.45, 2.75) is 19.9 Å². The number of hydrogen-bond acceptors (Lipinski definition) is 3. The molecule has 1 atom stereocenters. The summed E-state index contributed by atoms with van der Waals surface area (Å²) in [7, 11) is 0. The number of halogens is 1. The Morgan fingerprint density at radius 2 is 1.90 bits per heavy atom. The Morgan fingerprint density at radius 1 is 1.20 bits per heavy atom. The van der Waals surface area contributed by atoms with Crippen molar-refractivity contribution >= 4 is 5.69 Å². The number of phenols is 1. The van der Waals surface area contributed by atoms with Crippen molar-refractivity contribution in [3.05, 3.63) is 53.8 Å². The van der Waals surface area contributed by atoms with Crippen LogP contribution in [-0.4, -0.2) is 11.7 Å². The van der Waals surface area contributed by atoms with Gasteiger partial charge < -0.3 is 15.2 Å². The predicted molar refractivity (Wildman–Crippen MR) is 77.7 cm³/mol.